The normalized spacial score (nSPS) is 33.4. The van der Waals surface area contributed by atoms with Gasteiger partial charge in [-0.2, -0.15) is 0 Å². The number of amides is 2. The summed E-state index contributed by atoms with van der Waals surface area (Å²) in [5.74, 6) is 1.20. The lowest BCUT2D eigenvalue weighted by atomic mass is 9.88. The highest BCUT2D eigenvalue weighted by molar-refractivity contribution is 5.97. The summed E-state index contributed by atoms with van der Waals surface area (Å²) in [6.07, 6.45) is 8.48. The Kier molecular flexibility index (Phi) is 3.50. The number of rotatable bonds is 3. The third-order valence-electron chi connectivity index (χ3n) is 4.97. The van der Waals surface area contributed by atoms with Gasteiger partial charge in [0.1, 0.15) is 12.1 Å². The minimum Gasteiger partial charge on any atom is -0.342 e. The summed E-state index contributed by atoms with van der Waals surface area (Å²) in [5, 5.41) is 2.91. The van der Waals surface area contributed by atoms with Gasteiger partial charge >= 0.3 is 0 Å². The molecular formula is C15H24N2O2. The molecule has 0 radical (unpaired) electrons. The topological polar surface area (TPSA) is 49.4 Å². The molecule has 4 nitrogen and oxygen atoms in total. The average Bonchev–Trinajstić information content (AvgIpc) is 3.24. The summed E-state index contributed by atoms with van der Waals surface area (Å²) in [4.78, 5) is 26.4. The van der Waals surface area contributed by atoms with E-state index in [1.54, 1.807) is 0 Å². The summed E-state index contributed by atoms with van der Waals surface area (Å²) in [7, 11) is 0. The van der Waals surface area contributed by atoms with E-state index in [0.29, 0.717) is 11.8 Å². The van der Waals surface area contributed by atoms with Gasteiger partial charge in [-0.1, -0.05) is 19.3 Å². The number of hydrogen-bond donors (Lipinski definition) is 1. The van der Waals surface area contributed by atoms with Crippen molar-refractivity contribution in [3.8, 4) is 0 Å². The second kappa shape index (κ2) is 5.14. The van der Waals surface area contributed by atoms with Crippen LogP contribution in [0, 0.1) is 11.8 Å². The highest BCUT2D eigenvalue weighted by atomic mass is 16.2. The number of piperazine rings is 1. The summed E-state index contributed by atoms with van der Waals surface area (Å²) in [6.45, 7) is 2.65. The quantitative estimate of drug-likeness (QED) is 0.843. The van der Waals surface area contributed by atoms with Gasteiger partial charge in [-0.25, -0.2) is 0 Å². The molecule has 0 bridgehead atoms. The first-order chi connectivity index (χ1) is 9.16. The fraction of sp³-hybridized carbons (Fsp3) is 0.867. The summed E-state index contributed by atoms with van der Waals surface area (Å²) in [5.41, 5.74) is 0. The van der Waals surface area contributed by atoms with E-state index in [1.807, 2.05) is 11.8 Å². The maximum Gasteiger partial charge on any atom is 0.246 e. The average molecular weight is 264 g/mol. The molecule has 1 aliphatic heterocycles. The fourth-order valence-corrected chi connectivity index (χ4v) is 3.49. The van der Waals surface area contributed by atoms with Gasteiger partial charge in [-0.05, 0) is 44.4 Å². The Morgan fingerprint density at radius 2 is 1.79 bits per heavy atom. The second-order valence-corrected chi connectivity index (χ2v) is 6.49. The van der Waals surface area contributed by atoms with Gasteiger partial charge < -0.3 is 10.2 Å². The zero-order chi connectivity index (χ0) is 13.4. The van der Waals surface area contributed by atoms with Crippen LogP contribution in [0.1, 0.15) is 51.9 Å². The molecule has 2 amide bonds. The van der Waals surface area contributed by atoms with Crippen molar-refractivity contribution in [2.24, 2.45) is 11.8 Å². The SMILES string of the molecule is CC1C(=O)NC(C2CC2)C(=O)N1CC1CCCCC1. The van der Waals surface area contributed by atoms with E-state index in [4.69, 9.17) is 0 Å². The predicted molar refractivity (Wildman–Crippen MR) is 72.4 cm³/mol. The van der Waals surface area contributed by atoms with Gasteiger partial charge in [0.25, 0.3) is 0 Å². The van der Waals surface area contributed by atoms with E-state index in [1.165, 1.54) is 32.1 Å². The summed E-state index contributed by atoms with van der Waals surface area (Å²) >= 11 is 0. The molecule has 106 valence electrons. The van der Waals surface area contributed by atoms with Crippen LogP contribution in [0.3, 0.4) is 0 Å². The Morgan fingerprint density at radius 1 is 1.11 bits per heavy atom. The zero-order valence-corrected chi connectivity index (χ0v) is 11.7. The van der Waals surface area contributed by atoms with Crippen molar-refractivity contribution in [1.82, 2.24) is 10.2 Å². The van der Waals surface area contributed by atoms with Crippen LogP contribution in [0.4, 0.5) is 0 Å². The molecule has 2 aliphatic carbocycles. The van der Waals surface area contributed by atoms with Crippen LogP contribution >= 0.6 is 0 Å². The monoisotopic (exact) mass is 264 g/mol. The van der Waals surface area contributed by atoms with Gasteiger partial charge in [-0.3, -0.25) is 9.59 Å². The van der Waals surface area contributed by atoms with E-state index in [-0.39, 0.29) is 23.9 Å². The molecule has 4 heteroatoms. The first-order valence-corrected chi connectivity index (χ1v) is 7.77. The Morgan fingerprint density at radius 3 is 2.42 bits per heavy atom. The molecule has 3 aliphatic rings. The number of nitrogens with zero attached hydrogens (tertiary/aromatic N) is 1. The van der Waals surface area contributed by atoms with Crippen LogP contribution in [-0.4, -0.2) is 35.3 Å². The second-order valence-electron chi connectivity index (χ2n) is 6.49. The molecule has 1 saturated heterocycles. The van der Waals surface area contributed by atoms with Crippen LogP contribution in [0.5, 0.6) is 0 Å². The number of carbonyl (C=O) groups is 2. The van der Waals surface area contributed by atoms with Gasteiger partial charge in [0, 0.05) is 6.54 Å². The molecule has 0 aromatic rings. The van der Waals surface area contributed by atoms with Crippen molar-refractivity contribution in [3.05, 3.63) is 0 Å². The molecular weight excluding hydrogens is 240 g/mol. The third-order valence-corrected chi connectivity index (χ3v) is 4.97. The van der Waals surface area contributed by atoms with Crippen LogP contribution < -0.4 is 5.32 Å². The Labute approximate surface area is 114 Å². The molecule has 0 aromatic carbocycles. The Balaban J connectivity index is 1.68. The lowest BCUT2D eigenvalue weighted by Crippen LogP contribution is -2.63. The third kappa shape index (κ3) is 2.63. The molecule has 2 unspecified atom stereocenters. The molecule has 2 saturated carbocycles. The number of carbonyl (C=O) groups excluding carboxylic acids is 2. The lowest BCUT2D eigenvalue weighted by Gasteiger charge is -2.40. The van der Waals surface area contributed by atoms with Crippen molar-refractivity contribution in [2.45, 2.75) is 64.0 Å². The van der Waals surface area contributed by atoms with Gasteiger partial charge in [0.2, 0.25) is 11.8 Å². The van der Waals surface area contributed by atoms with Gasteiger partial charge in [0.15, 0.2) is 0 Å². The molecule has 0 spiro atoms. The van der Waals surface area contributed by atoms with E-state index in [9.17, 15) is 9.59 Å². The largest absolute Gasteiger partial charge is 0.342 e. The molecule has 1 heterocycles. The van der Waals surface area contributed by atoms with Crippen molar-refractivity contribution in [3.63, 3.8) is 0 Å². The van der Waals surface area contributed by atoms with Crippen molar-refractivity contribution < 1.29 is 9.59 Å². The number of hydrogen-bond acceptors (Lipinski definition) is 2. The highest BCUT2D eigenvalue weighted by Gasteiger charge is 2.45. The Hall–Kier alpha value is -1.06. The van der Waals surface area contributed by atoms with E-state index < -0.39 is 0 Å². The van der Waals surface area contributed by atoms with Crippen LogP contribution in [0.15, 0.2) is 0 Å². The first kappa shape index (κ1) is 12.9. The first-order valence-electron chi connectivity index (χ1n) is 7.77. The summed E-state index contributed by atoms with van der Waals surface area (Å²) in [6, 6.07) is -0.517. The molecule has 3 fully saturated rings. The van der Waals surface area contributed by atoms with Crippen LogP contribution in [0.25, 0.3) is 0 Å². The maximum atomic E-state index is 12.5. The molecule has 3 rings (SSSR count). The standard InChI is InChI=1S/C15H24N2O2/c1-10-14(18)16-13(12-7-8-12)15(19)17(10)9-11-5-3-2-4-6-11/h10-13H,2-9H2,1H3,(H,16,18). The maximum absolute atomic E-state index is 12.5. The van der Waals surface area contributed by atoms with Crippen molar-refractivity contribution >= 4 is 11.8 Å². The van der Waals surface area contributed by atoms with Crippen molar-refractivity contribution in [2.75, 3.05) is 6.54 Å². The molecule has 1 N–H and O–H groups in total. The minimum atomic E-state index is -0.288. The van der Waals surface area contributed by atoms with Crippen LogP contribution in [0.2, 0.25) is 0 Å². The van der Waals surface area contributed by atoms with Gasteiger partial charge in [0.05, 0.1) is 0 Å². The fourth-order valence-electron chi connectivity index (χ4n) is 3.49. The minimum absolute atomic E-state index is 0.0345. The van der Waals surface area contributed by atoms with E-state index >= 15 is 0 Å². The van der Waals surface area contributed by atoms with Gasteiger partial charge in [-0.15, -0.1) is 0 Å². The zero-order valence-electron chi connectivity index (χ0n) is 11.7. The van der Waals surface area contributed by atoms with E-state index in [2.05, 4.69) is 5.32 Å². The lowest BCUT2D eigenvalue weighted by molar-refractivity contribution is -0.150. The number of nitrogens with one attached hydrogen (secondary N) is 1. The molecule has 2 atom stereocenters. The Bertz CT molecular complexity index is 372. The predicted octanol–water partition coefficient (Wildman–Crippen LogP) is 1.69. The van der Waals surface area contributed by atoms with Crippen LogP contribution in [-0.2, 0) is 9.59 Å². The van der Waals surface area contributed by atoms with Crippen molar-refractivity contribution in [1.29, 1.82) is 0 Å². The highest BCUT2D eigenvalue weighted by Crippen LogP contribution is 2.35. The summed E-state index contributed by atoms with van der Waals surface area (Å²) < 4.78 is 0. The molecule has 19 heavy (non-hydrogen) atoms. The molecule has 0 aromatic heterocycles. The smallest absolute Gasteiger partial charge is 0.246 e. The van der Waals surface area contributed by atoms with E-state index in [0.717, 1.165) is 19.4 Å².